The zero-order chi connectivity index (χ0) is 7.78. The lowest BCUT2D eigenvalue weighted by molar-refractivity contribution is -0.742. The number of piperidine rings is 1. The fourth-order valence-corrected chi connectivity index (χ4v) is 1.42. The van der Waals surface area contributed by atoms with E-state index in [-0.39, 0.29) is 11.6 Å². The second kappa shape index (κ2) is 2.51. The van der Waals surface area contributed by atoms with E-state index in [2.05, 4.69) is 26.1 Å². The van der Waals surface area contributed by atoms with Crippen LogP contribution in [0.3, 0.4) is 0 Å². The Kier molecular flexibility index (Phi) is 2.02. The summed E-state index contributed by atoms with van der Waals surface area (Å²) in [7, 11) is 0. The number of hydrogen-bond donors (Lipinski definition) is 2. The Morgan fingerprint density at radius 2 is 2.10 bits per heavy atom. The third-order valence-corrected chi connectivity index (χ3v) is 2.53. The van der Waals surface area contributed by atoms with Crippen LogP contribution >= 0.6 is 0 Å². The molecule has 0 saturated carbocycles. The fraction of sp³-hybridized carbons (Fsp3) is 1.00. The first-order chi connectivity index (χ1) is 4.52. The highest BCUT2D eigenvalue weighted by Crippen LogP contribution is 2.16. The van der Waals surface area contributed by atoms with Gasteiger partial charge in [0.1, 0.15) is 11.6 Å². The van der Waals surface area contributed by atoms with Crippen LogP contribution in [-0.2, 0) is 0 Å². The van der Waals surface area contributed by atoms with E-state index in [9.17, 15) is 5.11 Å². The van der Waals surface area contributed by atoms with Crippen molar-refractivity contribution in [3.63, 3.8) is 0 Å². The molecule has 3 N–H and O–H groups in total. The summed E-state index contributed by atoms with van der Waals surface area (Å²) in [6, 6.07) is 0. The molecule has 0 radical (unpaired) electrons. The Morgan fingerprint density at radius 3 is 2.50 bits per heavy atom. The summed E-state index contributed by atoms with van der Waals surface area (Å²) in [5, 5.41) is 11.8. The Hall–Kier alpha value is -0.0800. The van der Waals surface area contributed by atoms with Crippen LogP contribution in [-0.4, -0.2) is 23.3 Å². The van der Waals surface area contributed by atoms with Gasteiger partial charge in [0.15, 0.2) is 0 Å². The first-order valence-corrected chi connectivity index (χ1v) is 4.05. The average molecular weight is 144 g/mol. The topological polar surface area (TPSA) is 36.8 Å². The van der Waals surface area contributed by atoms with E-state index in [0.29, 0.717) is 5.92 Å². The van der Waals surface area contributed by atoms with Crippen molar-refractivity contribution in [3.8, 4) is 0 Å². The molecule has 0 spiro atoms. The molecule has 0 amide bonds. The number of rotatable bonds is 0. The maximum Gasteiger partial charge on any atom is 0.117 e. The molecule has 2 nitrogen and oxygen atoms in total. The van der Waals surface area contributed by atoms with Crippen LogP contribution in [0.5, 0.6) is 0 Å². The van der Waals surface area contributed by atoms with Gasteiger partial charge in [-0.05, 0) is 20.3 Å². The van der Waals surface area contributed by atoms with Gasteiger partial charge in [-0.25, -0.2) is 0 Å². The summed E-state index contributed by atoms with van der Waals surface area (Å²) in [5.41, 5.74) is 0.0481. The van der Waals surface area contributed by atoms with E-state index in [1.807, 2.05) is 0 Å². The number of nitrogens with two attached hydrogens (primary N) is 1. The monoisotopic (exact) mass is 144 g/mol. The van der Waals surface area contributed by atoms with Gasteiger partial charge in [-0.3, -0.25) is 0 Å². The summed E-state index contributed by atoms with van der Waals surface area (Å²) in [5.74, 6) is 0.669. The van der Waals surface area contributed by atoms with E-state index in [0.717, 1.165) is 13.0 Å². The fourth-order valence-electron chi connectivity index (χ4n) is 1.42. The van der Waals surface area contributed by atoms with Crippen LogP contribution in [0.25, 0.3) is 0 Å². The quantitative estimate of drug-likeness (QED) is 0.482. The summed E-state index contributed by atoms with van der Waals surface area (Å²) in [6.07, 6.45) is 0.833. The Bertz CT molecular complexity index is 122. The maximum atomic E-state index is 9.58. The largest absolute Gasteiger partial charge is 0.387 e. The molecular formula is C8H18NO+. The molecule has 0 aromatic heterocycles. The van der Waals surface area contributed by atoms with Gasteiger partial charge in [0.2, 0.25) is 0 Å². The van der Waals surface area contributed by atoms with Crippen molar-refractivity contribution in [1.82, 2.24) is 0 Å². The van der Waals surface area contributed by atoms with Gasteiger partial charge in [-0.15, -0.1) is 0 Å². The molecule has 0 aliphatic carbocycles. The molecule has 60 valence electrons. The summed E-state index contributed by atoms with van der Waals surface area (Å²) in [4.78, 5) is 0. The molecule has 1 rings (SSSR count). The molecule has 0 aromatic carbocycles. The predicted molar refractivity (Wildman–Crippen MR) is 40.7 cm³/mol. The third kappa shape index (κ3) is 1.50. The van der Waals surface area contributed by atoms with Crippen LogP contribution < -0.4 is 5.32 Å². The van der Waals surface area contributed by atoms with Gasteiger partial charge in [-0.1, -0.05) is 6.92 Å². The summed E-state index contributed by atoms with van der Waals surface area (Å²) < 4.78 is 0. The highest BCUT2D eigenvalue weighted by atomic mass is 16.3. The number of aliphatic hydroxyl groups is 1. The zero-order valence-corrected chi connectivity index (χ0v) is 7.09. The Morgan fingerprint density at radius 1 is 1.50 bits per heavy atom. The van der Waals surface area contributed by atoms with Crippen molar-refractivity contribution in [3.05, 3.63) is 0 Å². The first kappa shape index (κ1) is 8.02. The molecule has 2 heteroatoms. The first-order valence-electron chi connectivity index (χ1n) is 4.05. The summed E-state index contributed by atoms with van der Waals surface area (Å²) in [6.45, 7) is 7.55. The lowest BCUT2D eigenvalue weighted by atomic mass is 9.85. The second-order valence-electron chi connectivity index (χ2n) is 4.12. The molecule has 10 heavy (non-hydrogen) atoms. The van der Waals surface area contributed by atoms with E-state index in [1.165, 1.54) is 0 Å². The number of hydrogen-bond acceptors (Lipinski definition) is 1. The van der Waals surface area contributed by atoms with Gasteiger partial charge in [0.05, 0.1) is 6.54 Å². The van der Waals surface area contributed by atoms with Crippen molar-refractivity contribution < 1.29 is 10.4 Å². The molecule has 0 unspecified atom stereocenters. The molecule has 1 fully saturated rings. The molecule has 0 bridgehead atoms. The van der Waals surface area contributed by atoms with Crippen molar-refractivity contribution in [1.29, 1.82) is 0 Å². The predicted octanol–water partition coefficient (Wildman–Crippen LogP) is -0.271. The molecule has 1 aliphatic rings. The standard InChI is InChI=1S/C8H17NO/c1-6-4-7(10)8(2,3)9-5-6/h6-7,9-10H,4-5H2,1-3H3/p+1/t6-,7+/m1/s1. The van der Waals surface area contributed by atoms with Crippen molar-refractivity contribution >= 4 is 0 Å². The highest BCUT2D eigenvalue weighted by Gasteiger charge is 2.36. The molecule has 1 saturated heterocycles. The van der Waals surface area contributed by atoms with Crippen LogP contribution in [0.15, 0.2) is 0 Å². The number of quaternary nitrogens is 1. The van der Waals surface area contributed by atoms with E-state index >= 15 is 0 Å². The molecular weight excluding hydrogens is 126 g/mol. The van der Waals surface area contributed by atoms with Crippen LogP contribution in [0.2, 0.25) is 0 Å². The van der Waals surface area contributed by atoms with Crippen molar-refractivity contribution in [2.45, 2.75) is 38.8 Å². The average Bonchev–Trinajstić information content (AvgIpc) is 1.81. The van der Waals surface area contributed by atoms with Crippen LogP contribution in [0, 0.1) is 5.92 Å². The lowest BCUT2D eigenvalue weighted by Crippen LogP contribution is -3.00. The van der Waals surface area contributed by atoms with Crippen LogP contribution in [0.1, 0.15) is 27.2 Å². The van der Waals surface area contributed by atoms with Gasteiger partial charge in [-0.2, -0.15) is 0 Å². The molecule has 1 aliphatic heterocycles. The molecule has 2 atom stereocenters. The highest BCUT2D eigenvalue weighted by molar-refractivity contribution is 4.80. The minimum atomic E-state index is -0.128. The minimum absolute atomic E-state index is 0.0481. The van der Waals surface area contributed by atoms with E-state index < -0.39 is 0 Å². The van der Waals surface area contributed by atoms with Crippen molar-refractivity contribution in [2.75, 3.05) is 6.54 Å². The molecule has 0 aromatic rings. The van der Waals surface area contributed by atoms with Crippen molar-refractivity contribution in [2.24, 2.45) is 5.92 Å². The van der Waals surface area contributed by atoms with Gasteiger partial charge < -0.3 is 10.4 Å². The number of aliphatic hydroxyl groups excluding tert-OH is 1. The zero-order valence-electron chi connectivity index (χ0n) is 7.09. The molecule has 1 heterocycles. The van der Waals surface area contributed by atoms with E-state index in [1.54, 1.807) is 0 Å². The lowest BCUT2D eigenvalue weighted by Gasteiger charge is -2.35. The Balaban J connectivity index is 2.52. The van der Waals surface area contributed by atoms with Gasteiger partial charge >= 0.3 is 0 Å². The summed E-state index contributed by atoms with van der Waals surface area (Å²) >= 11 is 0. The van der Waals surface area contributed by atoms with Gasteiger partial charge in [0.25, 0.3) is 0 Å². The smallest absolute Gasteiger partial charge is 0.117 e. The van der Waals surface area contributed by atoms with Gasteiger partial charge in [0, 0.05) is 5.92 Å². The third-order valence-electron chi connectivity index (χ3n) is 2.53. The maximum absolute atomic E-state index is 9.58. The van der Waals surface area contributed by atoms with E-state index in [4.69, 9.17) is 0 Å². The SMILES string of the molecule is C[C@H]1C[NH2+]C(C)(C)[C@@H](O)C1. The Labute approximate surface area is 62.6 Å². The second-order valence-corrected chi connectivity index (χ2v) is 4.12. The minimum Gasteiger partial charge on any atom is -0.387 e. The van der Waals surface area contributed by atoms with Crippen LogP contribution in [0.4, 0.5) is 0 Å². The normalized spacial score (nSPS) is 39.6.